The quantitative estimate of drug-likeness (QED) is 0.710. The van der Waals surface area contributed by atoms with E-state index in [9.17, 15) is 0 Å². The van der Waals surface area contributed by atoms with Crippen LogP contribution in [0.2, 0.25) is 0 Å². The highest BCUT2D eigenvalue weighted by molar-refractivity contribution is 4.78. The van der Waals surface area contributed by atoms with E-state index in [0.717, 1.165) is 25.4 Å². The summed E-state index contributed by atoms with van der Waals surface area (Å²) in [6.45, 7) is 6.45. The van der Waals surface area contributed by atoms with Crippen LogP contribution in [0.5, 0.6) is 0 Å². The molecule has 0 aromatic heterocycles. The van der Waals surface area contributed by atoms with Gasteiger partial charge in [-0.2, -0.15) is 0 Å². The average molecular weight is 212 g/mol. The third-order valence-electron chi connectivity index (χ3n) is 3.65. The fraction of sp³-hybridized carbons (Fsp3) is 1.00. The fourth-order valence-corrected chi connectivity index (χ4v) is 2.54. The minimum absolute atomic E-state index is 0.226. The Morgan fingerprint density at radius 3 is 2.47 bits per heavy atom. The molecule has 0 aromatic carbocycles. The van der Waals surface area contributed by atoms with Crippen molar-refractivity contribution in [3.05, 3.63) is 0 Å². The summed E-state index contributed by atoms with van der Waals surface area (Å²) >= 11 is 0. The fourth-order valence-electron chi connectivity index (χ4n) is 2.54. The topological polar surface area (TPSA) is 38.0 Å². The molecule has 0 saturated heterocycles. The van der Waals surface area contributed by atoms with Gasteiger partial charge >= 0.3 is 0 Å². The zero-order valence-corrected chi connectivity index (χ0v) is 10.5. The molecule has 1 rings (SSSR count). The van der Waals surface area contributed by atoms with Crippen molar-refractivity contribution < 1.29 is 0 Å². The molecule has 0 bridgehead atoms. The van der Waals surface area contributed by atoms with Crippen molar-refractivity contribution in [2.24, 2.45) is 11.7 Å². The largest absolute Gasteiger partial charge is 0.330 e. The number of nitrogens with one attached hydrogen (secondary N) is 1. The molecular weight excluding hydrogens is 184 g/mol. The van der Waals surface area contributed by atoms with E-state index in [-0.39, 0.29) is 5.54 Å². The van der Waals surface area contributed by atoms with Gasteiger partial charge in [0.1, 0.15) is 0 Å². The van der Waals surface area contributed by atoms with Crippen molar-refractivity contribution in [2.75, 3.05) is 13.1 Å². The van der Waals surface area contributed by atoms with E-state index in [4.69, 9.17) is 5.73 Å². The lowest BCUT2D eigenvalue weighted by molar-refractivity contribution is 0.302. The van der Waals surface area contributed by atoms with E-state index in [0.29, 0.717) is 0 Å². The van der Waals surface area contributed by atoms with Gasteiger partial charge in [0.25, 0.3) is 0 Å². The predicted octanol–water partition coefficient (Wildman–Crippen LogP) is 2.67. The monoisotopic (exact) mass is 212 g/mol. The summed E-state index contributed by atoms with van der Waals surface area (Å²) in [6.07, 6.45) is 9.71. The Kier molecular flexibility index (Phi) is 5.62. The van der Waals surface area contributed by atoms with Gasteiger partial charge in [-0.1, -0.05) is 32.1 Å². The zero-order valence-electron chi connectivity index (χ0n) is 10.5. The Bertz CT molecular complexity index is 160. The molecule has 15 heavy (non-hydrogen) atoms. The first kappa shape index (κ1) is 13.0. The number of rotatable bonds is 6. The maximum absolute atomic E-state index is 5.59. The van der Waals surface area contributed by atoms with E-state index in [1.54, 1.807) is 0 Å². The van der Waals surface area contributed by atoms with Gasteiger partial charge in [-0.3, -0.25) is 0 Å². The maximum Gasteiger partial charge on any atom is 0.0137 e. The van der Waals surface area contributed by atoms with E-state index < -0.39 is 0 Å². The highest BCUT2D eigenvalue weighted by Gasteiger charge is 2.17. The van der Waals surface area contributed by atoms with Gasteiger partial charge < -0.3 is 11.1 Å². The van der Waals surface area contributed by atoms with Crippen LogP contribution in [0.1, 0.15) is 58.8 Å². The number of nitrogens with two attached hydrogens (primary N) is 1. The molecule has 2 nitrogen and oxygen atoms in total. The summed E-state index contributed by atoms with van der Waals surface area (Å²) in [5.41, 5.74) is 5.81. The predicted molar refractivity (Wildman–Crippen MR) is 66.9 cm³/mol. The molecule has 0 aromatic rings. The van der Waals surface area contributed by atoms with Crippen LogP contribution >= 0.6 is 0 Å². The van der Waals surface area contributed by atoms with Crippen LogP contribution < -0.4 is 11.1 Å². The lowest BCUT2D eigenvalue weighted by Gasteiger charge is -2.28. The van der Waals surface area contributed by atoms with Crippen LogP contribution in [0.15, 0.2) is 0 Å². The maximum atomic E-state index is 5.59. The van der Waals surface area contributed by atoms with Gasteiger partial charge in [-0.15, -0.1) is 0 Å². The normalized spacial score (nSPS) is 19.4. The SMILES string of the molecule is CC(C)(CCN)NCCC1CCCCC1. The summed E-state index contributed by atoms with van der Waals surface area (Å²) in [7, 11) is 0. The van der Waals surface area contributed by atoms with Crippen LogP contribution in [-0.2, 0) is 0 Å². The molecule has 2 heteroatoms. The molecule has 0 radical (unpaired) electrons. The van der Waals surface area contributed by atoms with Gasteiger partial charge in [-0.25, -0.2) is 0 Å². The Hall–Kier alpha value is -0.0800. The average Bonchev–Trinajstić information content (AvgIpc) is 2.19. The molecule has 1 aliphatic rings. The summed E-state index contributed by atoms with van der Waals surface area (Å²) in [5, 5.41) is 3.63. The molecule has 0 aliphatic heterocycles. The molecule has 0 unspecified atom stereocenters. The third-order valence-corrected chi connectivity index (χ3v) is 3.65. The zero-order chi connectivity index (χ0) is 11.1. The van der Waals surface area contributed by atoms with E-state index in [2.05, 4.69) is 19.2 Å². The molecular formula is C13H28N2. The van der Waals surface area contributed by atoms with E-state index in [1.165, 1.54) is 38.5 Å². The van der Waals surface area contributed by atoms with E-state index >= 15 is 0 Å². The van der Waals surface area contributed by atoms with Gasteiger partial charge in [0, 0.05) is 5.54 Å². The van der Waals surface area contributed by atoms with Crippen LogP contribution in [-0.4, -0.2) is 18.6 Å². The van der Waals surface area contributed by atoms with Crippen molar-refractivity contribution in [2.45, 2.75) is 64.3 Å². The number of hydrogen-bond acceptors (Lipinski definition) is 2. The Balaban J connectivity index is 2.09. The lowest BCUT2D eigenvalue weighted by Crippen LogP contribution is -2.41. The summed E-state index contributed by atoms with van der Waals surface area (Å²) in [4.78, 5) is 0. The standard InChI is InChI=1S/C13H28N2/c1-13(2,9-10-14)15-11-8-12-6-4-3-5-7-12/h12,15H,3-11,14H2,1-2H3. The van der Waals surface area contributed by atoms with Crippen LogP contribution in [0.25, 0.3) is 0 Å². The minimum atomic E-state index is 0.226. The molecule has 0 heterocycles. The molecule has 0 atom stereocenters. The van der Waals surface area contributed by atoms with Gasteiger partial charge in [0.2, 0.25) is 0 Å². The van der Waals surface area contributed by atoms with Crippen LogP contribution in [0.4, 0.5) is 0 Å². The Morgan fingerprint density at radius 1 is 1.20 bits per heavy atom. The first-order chi connectivity index (χ1) is 7.14. The van der Waals surface area contributed by atoms with Crippen LogP contribution in [0, 0.1) is 5.92 Å². The molecule has 1 fully saturated rings. The van der Waals surface area contributed by atoms with Gasteiger partial charge in [0.05, 0.1) is 0 Å². The molecule has 1 aliphatic carbocycles. The van der Waals surface area contributed by atoms with E-state index in [1.807, 2.05) is 0 Å². The first-order valence-corrected chi connectivity index (χ1v) is 6.59. The van der Waals surface area contributed by atoms with Gasteiger partial charge in [-0.05, 0) is 45.7 Å². The number of hydrogen-bond donors (Lipinski definition) is 2. The molecule has 0 spiro atoms. The molecule has 3 N–H and O–H groups in total. The first-order valence-electron chi connectivity index (χ1n) is 6.59. The second-order valence-corrected chi connectivity index (χ2v) is 5.64. The third kappa shape index (κ3) is 5.53. The second-order valence-electron chi connectivity index (χ2n) is 5.64. The van der Waals surface area contributed by atoms with Crippen molar-refractivity contribution >= 4 is 0 Å². The second kappa shape index (κ2) is 6.49. The summed E-state index contributed by atoms with van der Waals surface area (Å²) in [5.74, 6) is 0.986. The smallest absolute Gasteiger partial charge is 0.0137 e. The van der Waals surface area contributed by atoms with Crippen molar-refractivity contribution in [1.82, 2.24) is 5.32 Å². The molecule has 90 valence electrons. The summed E-state index contributed by atoms with van der Waals surface area (Å²) < 4.78 is 0. The van der Waals surface area contributed by atoms with Crippen LogP contribution in [0.3, 0.4) is 0 Å². The molecule has 0 amide bonds. The minimum Gasteiger partial charge on any atom is -0.330 e. The lowest BCUT2D eigenvalue weighted by atomic mass is 9.87. The van der Waals surface area contributed by atoms with Crippen molar-refractivity contribution in [3.63, 3.8) is 0 Å². The van der Waals surface area contributed by atoms with Crippen molar-refractivity contribution in [3.8, 4) is 0 Å². The van der Waals surface area contributed by atoms with Crippen molar-refractivity contribution in [1.29, 1.82) is 0 Å². The highest BCUT2D eigenvalue weighted by Crippen LogP contribution is 2.25. The Morgan fingerprint density at radius 2 is 1.87 bits per heavy atom. The summed E-state index contributed by atoms with van der Waals surface area (Å²) in [6, 6.07) is 0. The van der Waals surface area contributed by atoms with Gasteiger partial charge in [0.15, 0.2) is 0 Å². The molecule has 1 saturated carbocycles. The Labute approximate surface area is 95.0 Å². The highest BCUT2D eigenvalue weighted by atomic mass is 14.9.